The molecule has 19 heavy (non-hydrogen) atoms. The Labute approximate surface area is 125 Å². The van der Waals surface area contributed by atoms with Gasteiger partial charge in [0, 0.05) is 15.6 Å². The van der Waals surface area contributed by atoms with E-state index in [-0.39, 0.29) is 17.9 Å². The van der Waals surface area contributed by atoms with Crippen molar-refractivity contribution < 1.29 is 9.53 Å². The van der Waals surface area contributed by atoms with Crippen molar-refractivity contribution in [2.45, 2.75) is 5.37 Å². The van der Waals surface area contributed by atoms with Crippen molar-refractivity contribution >= 4 is 46.8 Å². The molecule has 1 aliphatic heterocycles. The lowest BCUT2D eigenvalue weighted by molar-refractivity contribution is -0.141. The average Bonchev–Trinajstić information content (AvgIpc) is 2.71. The highest BCUT2D eigenvalue weighted by molar-refractivity contribution is 8.00. The Hall–Kier alpha value is -0.910. The second-order valence-corrected chi connectivity index (χ2v) is 5.83. The molecule has 0 spiro atoms. The molecule has 0 saturated carbocycles. The van der Waals surface area contributed by atoms with Crippen LogP contribution in [0.3, 0.4) is 0 Å². The van der Waals surface area contributed by atoms with Crippen LogP contribution in [-0.2, 0) is 9.53 Å². The normalized spacial score (nSPS) is 18.8. The molecular formula is C12H12Cl2N2O2S. The molecule has 4 nitrogen and oxygen atoms in total. The zero-order chi connectivity index (χ0) is 14.0. The predicted octanol–water partition coefficient (Wildman–Crippen LogP) is 3.19. The second kappa shape index (κ2) is 6.03. The number of benzene rings is 1. The van der Waals surface area contributed by atoms with Crippen LogP contribution >= 0.6 is 35.0 Å². The third-order valence-corrected chi connectivity index (χ3v) is 4.69. The highest BCUT2D eigenvalue weighted by Gasteiger charge is 2.34. The number of nitrogens with one attached hydrogen (secondary N) is 1. The van der Waals surface area contributed by atoms with Gasteiger partial charge in [-0.1, -0.05) is 29.3 Å². The minimum Gasteiger partial charge on any atom is -0.468 e. The van der Waals surface area contributed by atoms with Gasteiger partial charge >= 0.3 is 5.97 Å². The maximum absolute atomic E-state index is 11.4. The molecule has 1 aromatic carbocycles. The Morgan fingerprint density at radius 2 is 2.16 bits per heavy atom. The summed E-state index contributed by atoms with van der Waals surface area (Å²) in [6, 6.07) is 5.27. The Bertz CT molecular complexity index is 504. The number of methoxy groups -OCH3 is 1. The molecule has 1 aromatic rings. The van der Waals surface area contributed by atoms with Crippen LogP contribution in [0.4, 0.5) is 0 Å². The number of carbonyl (C=O) groups is 1. The van der Waals surface area contributed by atoms with Crippen LogP contribution in [0.25, 0.3) is 0 Å². The van der Waals surface area contributed by atoms with E-state index in [2.05, 4.69) is 4.74 Å². The van der Waals surface area contributed by atoms with E-state index in [0.29, 0.717) is 21.6 Å². The fourth-order valence-electron chi connectivity index (χ4n) is 1.84. The van der Waals surface area contributed by atoms with Crippen molar-refractivity contribution in [2.24, 2.45) is 0 Å². The quantitative estimate of drug-likeness (QED) is 0.870. The molecule has 0 amide bonds. The van der Waals surface area contributed by atoms with Crippen molar-refractivity contribution in [3.63, 3.8) is 0 Å². The first-order valence-electron chi connectivity index (χ1n) is 5.51. The smallest absolute Gasteiger partial charge is 0.325 e. The summed E-state index contributed by atoms with van der Waals surface area (Å²) in [6.45, 7) is 0.0224. The first kappa shape index (κ1) is 14.5. The molecule has 1 fully saturated rings. The molecule has 0 aromatic heterocycles. The van der Waals surface area contributed by atoms with Gasteiger partial charge in [-0.25, -0.2) is 0 Å². The lowest BCUT2D eigenvalue weighted by Crippen LogP contribution is -2.33. The number of rotatable bonds is 3. The van der Waals surface area contributed by atoms with Gasteiger partial charge in [0.05, 0.1) is 12.9 Å². The van der Waals surface area contributed by atoms with Crippen LogP contribution < -0.4 is 0 Å². The molecule has 0 bridgehead atoms. The van der Waals surface area contributed by atoms with Crippen LogP contribution in [0.15, 0.2) is 18.2 Å². The SMILES string of the molecule is COC(=O)CN1C(=N)CSC1c1c(Cl)cccc1Cl. The first-order chi connectivity index (χ1) is 9.04. The summed E-state index contributed by atoms with van der Waals surface area (Å²) >= 11 is 13.9. The largest absolute Gasteiger partial charge is 0.468 e. The topological polar surface area (TPSA) is 53.4 Å². The van der Waals surface area contributed by atoms with E-state index < -0.39 is 0 Å². The molecule has 1 aliphatic rings. The zero-order valence-electron chi connectivity index (χ0n) is 10.2. The van der Waals surface area contributed by atoms with Gasteiger partial charge in [-0.2, -0.15) is 0 Å². The van der Waals surface area contributed by atoms with Crippen molar-refractivity contribution in [1.29, 1.82) is 5.41 Å². The maximum atomic E-state index is 11.4. The van der Waals surface area contributed by atoms with Crippen LogP contribution in [0.1, 0.15) is 10.9 Å². The highest BCUT2D eigenvalue weighted by Crippen LogP contribution is 2.44. The summed E-state index contributed by atoms with van der Waals surface area (Å²) in [5, 5.41) is 8.75. The van der Waals surface area contributed by atoms with Gasteiger partial charge in [-0.05, 0) is 12.1 Å². The van der Waals surface area contributed by atoms with Crippen LogP contribution in [0.5, 0.6) is 0 Å². The highest BCUT2D eigenvalue weighted by atomic mass is 35.5. The van der Waals surface area contributed by atoms with Crippen LogP contribution in [0, 0.1) is 5.41 Å². The van der Waals surface area contributed by atoms with Crippen molar-refractivity contribution in [3.05, 3.63) is 33.8 Å². The zero-order valence-corrected chi connectivity index (χ0v) is 12.5. The predicted molar refractivity (Wildman–Crippen MR) is 78.1 cm³/mol. The Kier molecular flexibility index (Phi) is 4.60. The Balaban J connectivity index is 2.32. The summed E-state index contributed by atoms with van der Waals surface area (Å²) in [6.07, 6.45) is 0. The maximum Gasteiger partial charge on any atom is 0.325 e. The number of carbonyl (C=O) groups excluding carboxylic acids is 1. The summed E-state index contributed by atoms with van der Waals surface area (Å²) in [7, 11) is 1.33. The number of ether oxygens (including phenoxy) is 1. The van der Waals surface area contributed by atoms with Crippen molar-refractivity contribution in [3.8, 4) is 0 Å². The first-order valence-corrected chi connectivity index (χ1v) is 7.31. The third kappa shape index (κ3) is 2.99. The van der Waals surface area contributed by atoms with Crippen LogP contribution in [0.2, 0.25) is 10.0 Å². The number of hydrogen-bond donors (Lipinski definition) is 1. The standard InChI is InChI=1S/C12H12Cl2N2O2S/c1-18-10(17)5-16-9(15)6-19-12(16)11-7(13)3-2-4-8(11)14/h2-4,12,15H,5-6H2,1H3. The number of hydrogen-bond acceptors (Lipinski definition) is 4. The molecule has 102 valence electrons. The van der Waals surface area contributed by atoms with E-state index in [9.17, 15) is 4.79 Å². The monoisotopic (exact) mass is 318 g/mol. The molecule has 1 heterocycles. The lowest BCUT2D eigenvalue weighted by Gasteiger charge is -2.25. The number of amidine groups is 1. The van der Waals surface area contributed by atoms with Gasteiger partial charge in [-0.15, -0.1) is 11.8 Å². The van der Waals surface area contributed by atoms with Gasteiger partial charge in [0.15, 0.2) is 0 Å². The molecule has 0 radical (unpaired) electrons. The molecule has 0 aliphatic carbocycles. The van der Waals surface area contributed by atoms with Gasteiger partial charge < -0.3 is 9.64 Å². The van der Waals surface area contributed by atoms with E-state index >= 15 is 0 Å². The van der Waals surface area contributed by atoms with Gasteiger partial charge in [-0.3, -0.25) is 10.2 Å². The third-order valence-electron chi connectivity index (χ3n) is 2.78. The summed E-state index contributed by atoms with van der Waals surface area (Å²) in [4.78, 5) is 13.1. The molecule has 1 saturated heterocycles. The number of halogens is 2. The lowest BCUT2D eigenvalue weighted by atomic mass is 10.2. The van der Waals surface area contributed by atoms with E-state index in [4.69, 9.17) is 28.6 Å². The minimum atomic E-state index is -0.388. The summed E-state index contributed by atoms with van der Waals surface area (Å²) in [5.41, 5.74) is 0.738. The molecule has 1 atom stereocenters. The Morgan fingerprint density at radius 3 is 2.74 bits per heavy atom. The number of esters is 1. The summed E-state index contributed by atoms with van der Waals surface area (Å²) in [5.74, 6) is 0.500. The molecule has 7 heteroatoms. The van der Waals surface area contributed by atoms with Gasteiger partial charge in [0.25, 0.3) is 0 Å². The van der Waals surface area contributed by atoms with Crippen molar-refractivity contribution in [1.82, 2.24) is 4.90 Å². The minimum absolute atomic E-state index is 0.0224. The van der Waals surface area contributed by atoms with Gasteiger partial charge in [0.1, 0.15) is 17.8 Å². The van der Waals surface area contributed by atoms with Crippen molar-refractivity contribution in [2.75, 3.05) is 19.4 Å². The average molecular weight is 319 g/mol. The molecule has 2 rings (SSSR count). The van der Waals surface area contributed by atoms with E-state index in [1.807, 2.05) is 0 Å². The van der Waals surface area contributed by atoms with E-state index in [1.54, 1.807) is 23.1 Å². The number of nitrogens with zero attached hydrogens (tertiary/aromatic N) is 1. The van der Waals surface area contributed by atoms with E-state index in [1.165, 1.54) is 18.9 Å². The molecule has 1 unspecified atom stereocenters. The molecular weight excluding hydrogens is 307 g/mol. The fourth-order valence-corrected chi connectivity index (χ4v) is 3.86. The van der Waals surface area contributed by atoms with E-state index in [0.717, 1.165) is 5.56 Å². The Morgan fingerprint density at radius 1 is 1.53 bits per heavy atom. The van der Waals surface area contributed by atoms with Gasteiger partial charge in [0.2, 0.25) is 0 Å². The van der Waals surface area contributed by atoms with Crippen LogP contribution in [-0.4, -0.2) is 36.1 Å². The number of thioether (sulfide) groups is 1. The molecule has 1 N–H and O–H groups in total. The summed E-state index contributed by atoms with van der Waals surface area (Å²) < 4.78 is 4.65. The fraction of sp³-hybridized carbons (Fsp3) is 0.333. The second-order valence-electron chi connectivity index (χ2n) is 3.95.